The first kappa shape index (κ1) is 17.9. The molecule has 0 fully saturated rings. The summed E-state index contributed by atoms with van der Waals surface area (Å²) in [4.78, 5) is 4.07. The summed E-state index contributed by atoms with van der Waals surface area (Å²) >= 11 is 1.53. The highest BCUT2D eigenvalue weighted by Crippen LogP contribution is 2.36. The molecule has 1 N–H and O–H groups in total. The number of aliphatic hydroxyl groups is 1. The number of hydrogen-bond acceptors (Lipinski definition) is 3. The number of hydrogen-bond donors (Lipinski definition) is 1. The van der Waals surface area contributed by atoms with Gasteiger partial charge in [0.1, 0.15) is 17.7 Å². The lowest BCUT2D eigenvalue weighted by Gasteiger charge is -2.21. The van der Waals surface area contributed by atoms with Crippen LogP contribution < -0.4 is 4.50 Å². The minimum absolute atomic E-state index is 0.306. The Morgan fingerprint density at radius 1 is 1.12 bits per heavy atom. The molecule has 1 unspecified atom stereocenters. The van der Waals surface area contributed by atoms with E-state index in [9.17, 15) is 13.9 Å². The fourth-order valence-electron chi connectivity index (χ4n) is 2.84. The van der Waals surface area contributed by atoms with Gasteiger partial charge in [-0.2, -0.15) is 11.3 Å². The first-order valence-electron chi connectivity index (χ1n) is 7.94. The summed E-state index contributed by atoms with van der Waals surface area (Å²) in [5.41, 5.74) is 2.29. The molecule has 1 aromatic carbocycles. The van der Waals surface area contributed by atoms with Crippen molar-refractivity contribution in [2.24, 2.45) is 0 Å². The van der Waals surface area contributed by atoms with Gasteiger partial charge in [-0.05, 0) is 28.1 Å². The van der Waals surface area contributed by atoms with Gasteiger partial charge in [-0.15, -0.1) is 0 Å². The van der Waals surface area contributed by atoms with Crippen molar-refractivity contribution in [1.29, 1.82) is 0 Å². The number of rotatable bonds is 4. The number of halogens is 2. The summed E-state index contributed by atoms with van der Waals surface area (Å²) < 4.78 is 28.8. The number of thiophene rings is 1. The minimum atomic E-state index is -1.77. The van der Waals surface area contributed by atoms with E-state index < -0.39 is 25.8 Å². The van der Waals surface area contributed by atoms with Gasteiger partial charge in [-0.25, -0.2) is 8.78 Å². The maximum atomic E-state index is 14.4. The molecule has 0 saturated heterocycles. The zero-order valence-corrected chi connectivity index (χ0v) is 16.1. The van der Waals surface area contributed by atoms with E-state index in [1.807, 2.05) is 5.38 Å². The van der Waals surface area contributed by atoms with Crippen molar-refractivity contribution < 1.29 is 13.9 Å². The number of nitrogens with zero attached hydrogens (tertiary/aromatic N) is 1. The van der Waals surface area contributed by atoms with Gasteiger partial charge >= 0.3 is 0 Å². The van der Waals surface area contributed by atoms with Gasteiger partial charge in [0.25, 0.3) is 0 Å². The van der Waals surface area contributed by atoms with Crippen LogP contribution in [0.5, 0.6) is 0 Å². The standard InChI is InChI=1S/C19H19F2NOSSi/c1-25(2,3)19-17(18(23)12-5-4-8-22-10-12)15(11-24-19)14-7-6-13(20)9-16(14)21/h4-11,18,23H,1-3H3. The predicted octanol–water partition coefficient (Wildman–Crippen LogP) is 4.72. The highest BCUT2D eigenvalue weighted by molar-refractivity contribution is 7.25. The fourth-order valence-corrected chi connectivity index (χ4v) is 6.35. The Morgan fingerprint density at radius 3 is 2.48 bits per heavy atom. The third kappa shape index (κ3) is 3.56. The Hall–Kier alpha value is -1.89. The van der Waals surface area contributed by atoms with E-state index in [0.29, 0.717) is 22.3 Å². The van der Waals surface area contributed by atoms with E-state index in [4.69, 9.17) is 0 Å². The third-order valence-corrected chi connectivity index (χ3v) is 8.64. The van der Waals surface area contributed by atoms with Crippen molar-refractivity contribution in [3.8, 4) is 11.1 Å². The van der Waals surface area contributed by atoms with Gasteiger partial charge in [0.15, 0.2) is 0 Å². The maximum absolute atomic E-state index is 14.4. The van der Waals surface area contributed by atoms with E-state index in [1.54, 1.807) is 24.5 Å². The topological polar surface area (TPSA) is 33.1 Å². The molecule has 0 saturated carbocycles. The van der Waals surface area contributed by atoms with Gasteiger partial charge in [-0.1, -0.05) is 25.7 Å². The maximum Gasteiger partial charge on any atom is 0.133 e. The largest absolute Gasteiger partial charge is 0.384 e. The lowest BCUT2D eigenvalue weighted by molar-refractivity contribution is 0.222. The van der Waals surface area contributed by atoms with Crippen LogP contribution in [0.2, 0.25) is 19.6 Å². The molecule has 2 heterocycles. The average Bonchev–Trinajstić information content (AvgIpc) is 3.00. The zero-order valence-electron chi connectivity index (χ0n) is 14.3. The molecule has 2 nitrogen and oxygen atoms in total. The number of pyridine rings is 1. The minimum Gasteiger partial charge on any atom is -0.384 e. The van der Waals surface area contributed by atoms with E-state index >= 15 is 0 Å². The predicted molar refractivity (Wildman–Crippen MR) is 101 cm³/mol. The molecule has 2 aromatic heterocycles. The van der Waals surface area contributed by atoms with Gasteiger partial charge < -0.3 is 5.11 Å². The van der Waals surface area contributed by atoms with Crippen LogP contribution in [0.25, 0.3) is 11.1 Å². The molecular weight excluding hydrogens is 356 g/mol. The summed E-state index contributed by atoms with van der Waals surface area (Å²) in [6.45, 7) is 6.55. The van der Waals surface area contributed by atoms with Crippen LogP contribution in [-0.2, 0) is 0 Å². The fraction of sp³-hybridized carbons (Fsp3) is 0.211. The molecule has 3 rings (SSSR count). The summed E-state index contributed by atoms with van der Waals surface area (Å²) in [6, 6.07) is 7.11. The van der Waals surface area contributed by atoms with Crippen LogP contribution in [0, 0.1) is 11.6 Å². The normalized spacial score (nSPS) is 13.0. The molecule has 1 atom stereocenters. The number of aliphatic hydroxyl groups excluding tert-OH is 1. The van der Waals surface area contributed by atoms with Crippen molar-refractivity contribution in [2.75, 3.05) is 0 Å². The molecule has 0 bridgehead atoms. The first-order valence-corrected chi connectivity index (χ1v) is 12.3. The Kier molecular flexibility index (Phi) is 4.86. The van der Waals surface area contributed by atoms with Crippen LogP contribution in [0.1, 0.15) is 17.2 Å². The van der Waals surface area contributed by atoms with Crippen molar-refractivity contribution >= 4 is 23.9 Å². The van der Waals surface area contributed by atoms with E-state index in [0.717, 1.165) is 10.6 Å². The number of aromatic nitrogens is 1. The molecule has 25 heavy (non-hydrogen) atoms. The average molecular weight is 376 g/mol. The first-order chi connectivity index (χ1) is 11.8. The second-order valence-corrected chi connectivity index (χ2v) is 13.2. The summed E-state index contributed by atoms with van der Waals surface area (Å²) in [5, 5.41) is 12.9. The van der Waals surface area contributed by atoms with Gasteiger partial charge in [0, 0.05) is 40.7 Å². The molecule has 0 spiro atoms. The van der Waals surface area contributed by atoms with E-state index in [-0.39, 0.29) is 0 Å². The zero-order chi connectivity index (χ0) is 18.2. The monoisotopic (exact) mass is 375 g/mol. The summed E-state index contributed by atoms with van der Waals surface area (Å²) in [6.07, 6.45) is 2.35. The highest BCUT2D eigenvalue weighted by Gasteiger charge is 2.30. The quantitative estimate of drug-likeness (QED) is 0.670. The Bertz CT molecular complexity index is 890. The molecule has 0 aliphatic heterocycles. The Labute approximate surface area is 150 Å². The van der Waals surface area contributed by atoms with Crippen LogP contribution in [-0.4, -0.2) is 18.2 Å². The van der Waals surface area contributed by atoms with Crippen LogP contribution in [0.15, 0.2) is 48.1 Å². The van der Waals surface area contributed by atoms with Crippen LogP contribution in [0.3, 0.4) is 0 Å². The van der Waals surface area contributed by atoms with Gasteiger partial charge in [-0.3, -0.25) is 4.98 Å². The summed E-state index contributed by atoms with van der Waals surface area (Å²) in [5.74, 6) is -1.24. The molecule has 130 valence electrons. The smallest absolute Gasteiger partial charge is 0.133 e. The third-order valence-electron chi connectivity index (χ3n) is 4.01. The van der Waals surface area contributed by atoms with Crippen LogP contribution >= 0.6 is 11.3 Å². The molecule has 0 aliphatic carbocycles. The molecule has 3 aromatic rings. The van der Waals surface area contributed by atoms with Crippen molar-refractivity contribution in [2.45, 2.75) is 25.7 Å². The molecule has 0 radical (unpaired) electrons. The second kappa shape index (κ2) is 6.78. The van der Waals surface area contributed by atoms with E-state index in [1.165, 1.54) is 23.5 Å². The van der Waals surface area contributed by atoms with E-state index in [2.05, 4.69) is 24.6 Å². The Morgan fingerprint density at radius 2 is 1.88 bits per heavy atom. The molecular formula is C19H19F2NOSSi. The SMILES string of the molecule is C[Si](C)(C)c1scc(-c2ccc(F)cc2F)c1C(O)c1cccnc1. The van der Waals surface area contributed by atoms with Crippen molar-refractivity contribution in [3.63, 3.8) is 0 Å². The van der Waals surface area contributed by atoms with Gasteiger partial charge in [0.2, 0.25) is 0 Å². The summed E-state index contributed by atoms with van der Waals surface area (Å²) in [7, 11) is -1.77. The lowest BCUT2D eigenvalue weighted by atomic mass is 9.97. The van der Waals surface area contributed by atoms with Crippen molar-refractivity contribution in [1.82, 2.24) is 4.98 Å². The number of benzene rings is 1. The van der Waals surface area contributed by atoms with Gasteiger partial charge in [0.05, 0.1) is 8.07 Å². The molecule has 0 amide bonds. The second-order valence-electron chi connectivity index (χ2n) is 6.96. The lowest BCUT2D eigenvalue weighted by Crippen LogP contribution is -2.38. The van der Waals surface area contributed by atoms with Crippen molar-refractivity contribution in [3.05, 3.63) is 70.9 Å². The van der Waals surface area contributed by atoms with Crippen LogP contribution in [0.4, 0.5) is 8.78 Å². The molecule has 6 heteroatoms. The molecule has 0 aliphatic rings. The Balaban J connectivity index is 2.22. The highest BCUT2D eigenvalue weighted by atomic mass is 32.1.